The van der Waals surface area contributed by atoms with Gasteiger partial charge < -0.3 is 5.73 Å². The molecule has 2 N–H and O–H groups in total. The number of ketones is 1. The van der Waals surface area contributed by atoms with E-state index in [4.69, 9.17) is 5.73 Å². The number of hydrogen-bond acceptors (Lipinski definition) is 4. The Morgan fingerprint density at radius 1 is 1.33 bits per heavy atom. The first kappa shape index (κ1) is 14.7. The summed E-state index contributed by atoms with van der Waals surface area (Å²) < 4.78 is 22.6. The third-order valence-corrected chi connectivity index (χ3v) is 4.68. The zero-order chi connectivity index (χ0) is 13.8. The van der Waals surface area contributed by atoms with Crippen molar-refractivity contribution in [3.63, 3.8) is 0 Å². The zero-order valence-electron chi connectivity index (χ0n) is 10.8. The highest BCUT2D eigenvalue weighted by molar-refractivity contribution is 7.91. The number of nitrogen functional groups attached to an aromatic ring is 1. The van der Waals surface area contributed by atoms with Crippen molar-refractivity contribution in [3.8, 4) is 0 Å². The number of rotatable bonds is 6. The van der Waals surface area contributed by atoms with Gasteiger partial charge in [0.15, 0.2) is 5.78 Å². The molecule has 0 fully saturated rings. The second-order valence-corrected chi connectivity index (χ2v) is 6.81. The van der Waals surface area contributed by atoms with Crippen molar-refractivity contribution in [3.05, 3.63) is 29.3 Å². The van der Waals surface area contributed by atoms with E-state index in [-0.39, 0.29) is 23.7 Å². The van der Waals surface area contributed by atoms with Crippen LogP contribution >= 0.6 is 0 Å². The molecule has 0 unspecified atom stereocenters. The molecule has 5 heteroatoms. The third-order valence-electron chi connectivity index (χ3n) is 2.89. The van der Waals surface area contributed by atoms with Gasteiger partial charge in [0.2, 0.25) is 0 Å². The molecule has 1 aromatic carbocycles. The van der Waals surface area contributed by atoms with E-state index in [9.17, 15) is 13.2 Å². The van der Waals surface area contributed by atoms with Gasteiger partial charge in [-0.15, -0.1) is 0 Å². The predicted molar refractivity (Wildman–Crippen MR) is 73.5 cm³/mol. The molecule has 0 bridgehead atoms. The fourth-order valence-electron chi connectivity index (χ4n) is 1.59. The molecule has 18 heavy (non-hydrogen) atoms. The zero-order valence-corrected chi connectivity index (χ0v) is 11.6. The molecule has 0 spiro atoms. The maximum absolute atomic E-state index is 11.8. The normalized spacial score (nSPS) is 11.4. The molecular formula is C13H19NO3S. The summed E-state index contributed by atoms with van der Waals surface area (Å²) in [6, 6.07) is 5.12. The lowest BCUT2D eigenvalue weighted by Gasteiger charge is -2.05. The quantitative estimate of drug-likeness (QED) is 0.632. The Kier molecular flexibility index (Phi) is 4.90. The molecule has 0 amide bonds. The SMILES string of the molecule is CCS(=O)(=O)CCCC(=O)c1ccc(N)c(C)c1. The van der Waals surface area contributed by atoms with Gasteiger partial charge in [0.1, 0.15) is 9.84 Å². The summed E-state index contributed by atoms with van der Waals surface area (Å²) in [6.45, 7) is 3.45. The van der Waals surface area contributed by atoms with Gasteiger partial charge in [-0.05, 0) is 37.1 Å². The lowest BCUT2D eigenvalue weighted by Crippen LogP contribution is -2.10. The summed E-state index contributed by atoms with van der Waals surface area (Å²) in [5.41, 5.74) is 7.78. The maximum Gasteiger partial charge on any atom is 0.162 e. The minimum Gasteiger partial charge on any atom is -0.399 e. The van der Waals surface area contributed by atoms with E-state index in [1.54, 1.807) is 25.1 Å². The number of nitrogens with two attached hydrogens (primary N) is 1. The van der Waals surface area contributed by atoms with Gasteiger partial charge in [0, 0.05) is 23.4 Å². The van der Waals surface area contributed by atoms with Crippen LogP contribution in [-0.4, -0.2) is 25.7 Å². The highest BCUT2D eigenvalue weighted by atomic mass is 32.2. The Labute approximate surface area is 108 Å². The van der Waals surface area contributed by atoms with Gasteiger partial charge >= 0.3 is 0 Å². The molecule has 0 aliphatic rings. The summed E-state index contributed by atoms with van der Waals surface area (Å²) in [4.78, 5) is 11.8. The van der Waals surface area contributed by atoms with Crippen LogP contribution in [0.15, 0.2) is 18.2 Å². The largest absolute Gasteiger partial charge is 0.399 e. The van der Waals surface area contributed by atoms with Crippen LogP contribution in [0.4, 0.5) is 5.69 Å². The number of benzene rings is 1. The molecule has 1 rings (SSSR count). The highest BCUT2D eigenvalue weighted by Gasteiger charge is 2.11. The van der Waals surface area contributed by atoms with Crippen molar-refractivity contribution in [2.24, 2.45) is 0 Å². The van der Waals surface area contributed by atoms with Crippen molar-refractivity contribution in [1.82, 2.24) is 0 Å². The number of carbonyl (C=O) groups excluding carboxylic acids is 1. The summed E-state index contributed by atoms with van der Waals surface area (Å²) in [5.74, 6) is 0.162. The van der Waals surface area contributed by atoms with Crippen LogP contribution in [0, 0.1) is 6.92 Å². The Morgan fingerprint density at radius 2 is 2.00 bits per heavy atom. The summed E-state index contributed by atoms with van der Waals surface area (Å²) in [5, 5.41) is 0. The van der Waals surface area contributed by atoms with Crippen LogP contribution in [-0.2, 0) is 9.84 Å². The van der Waals surface area contributed by atoms with E-state index in [2.05, 4.69) is 0 Å². The Bertz CT molecular complexity index is 535. The molecule has 0 aliphatic carbocycles. The lowest BCUT2D eigenvalue weighted by atomic mass is 10.0. The smallest absolute Gasteiger partial charge is 0.162 e. The average Bonchev–Trinajstić information content (AvgIpc) is 2.32. The van der Waals surface area contributed by atoms with Crippen molar-refractivity contribution >= 4 is 21.3 Å². The van der Waals surface area contributed by atoms with Crippen molar-refractivity contribution < 1.29 is 13.2 Å². The number of hydrogen-bond donors (Lipinski definition) is 1. The van der Waals surface area contributed by atoms with Crippen molar-refractivity contribution in [1.29, 1.82) is 0 Å². The van der Waals surface area contributed by atoms with Crippen LogP contribution < -0.4 is 5.73 Å². The molecule has 1 aromatic rings. The topological polar surface area (TPSA) is 77.2 Å². The molecule has 0 heterocycles. The monoisotopic (exact) mass is 269 g/mol. The van der Waals surface area contributed by atoms with E-state index in [0.29, 0.717) is 17.7 Å². The summed E-state index contributed by atoms with van der Waals surface area (Å²) in [6.07, 6.45) is 0.626. The Hall–Kier alpha value is -1.36. The van der Waals surface area contributed by atoms with E-state index in [1.165, 1.54) is 0 Å². The predicted octanol–water partition coefficient (Wildman–Crippen LogP) is 1.97. The average molecular weight is 269 g/mol. The molecule has 100 valence electrons. The minimum absolute atomic E-state index is 0.0376. The van der Waals surface area contributed by atoms with Gasteiger partial charge in [-0.2, -0.15) is 0 Å². The Balaban J connectivity index is 2.58. The molecule has 0 saturated heterocycles. The lowest BCUT2D eigenvalue weighted by molar-refractivity contribution is 0.0982. The first-order chi connectivity index (χ1) is 8.35. The van der Waals surface area contributed by atoms with Crippen LogP contribution in [0.5, 0.6) is 0 Å². The van der Waals surface area contributed by atoms with Gasteiger partial charge in [-0.1, -0.05) is 6.92 Å². The number of Topliss-reactive ketones (excluding diaryl/α,β-unsaturated/α-hetero) is 1. The Morgan fingerprint density at radius 3 is 2.56 bits per heavy atom. The second kappa shape index (κ2) is 6.00. The number of carbonyl (C=O) groups is 1. The fourth-order valence-corrected chi connectivity index (χ4v) is 2.46. The maximum atomic E-state index is 11.8. The van der Waals surface area contributed by atoms with Crippen molar-refractivity contribution in [2.75, 3.05) is 17.2 Å². The number of aryl methyl sites for hydroxylation is 1. The number of sulfone groups is 1. The first-order valence-corrected chi connectivity index (χ1v) is 7.77. The molecular weight excluding hydrogens is 250 g/mol. The van der Waals surface area contributed by atoms with Gasteiger partial charge in [-0.3, -0.25) is 4.79 Å². The van der Waals surface area contributed by atoms with E-state index in [1.807, 2.05) is 6.92 Å². The van der Waals surface area contributed by atoms with Gasteiger partial charge in [0.05, 0.1) is 5.75 Å². The molecule has 0 aromatic heterocycles. The second-order valence-electron chi connectivity index (χ2n) is 4.33. The van der Waals surface area contributed by atoms with Crippen molar-refractivity contribution in [2.45, 2.75) is 26.7 Å². The highest BCUT2D eigenvalue weighted by Crippen LogP contribution is 2.14. The third kappa shape index (κ3) is 4.14. The van der Waals surface area contributed by atoms with Gasteiger partial charge in [-0.25, -0.2) is 8.42 Å². The molecule has 0 saturated carbocycles. The van der Waals surface area contributed by atoms with E-state index >= 15 is 0 Å². The van der Waals surface area contributed by atoms with Gasteiger partial charge in [0.25, 0.3) is 0 Å². The van der Waals surface area contributed by atoms with E-state index < -0.39 is 9.84 Å². The molecule has 0 atom stereocenters. The van der Waals surface area contributed by atoms with Crippen LogP contribution in [0.25, 0.3) is 0 Å². The molecule has 0 radical (unpaired) electrons. The summed E-state index contributed by atoms with van der Waals surface area (Å²) >= 11 is 0. The standard InChI is InChI=1S/C13H19NO3S/c1-3-18(16,17)8-4-5-13(15)11-6-7-12(14)10(2)9-11/h6-7,9H,3-5,8,14H2,1-2H3. The molecule has 0 aliphatic heterocycles. The fraction of sp³-hybridized carbons (Fsp3) is 0.462. The van der Waals surface area contributed by atoms with E-state index in [0.717, 1.165) is 5.56 Å². The first-order valence-electron chi connectivity index (χ1n) is 5.95. The minimum atomic E-state index is -2.98. The summed E-state index contributed by atoms with van der Waals surface area (Å²) in [7, 11) is -2.98. The van der Waals surface area contributed by atoms with Crippen LogP contribution in [0.1, 0.15) is 35.7 Å². The van der Waals surface area contributed by atoms with Crippen LogP contribution in [0.2, 0.25) is 0 Å². The van der Waals surface area contributed by atoms with Crippen LogP contribution in [0.3, 0.4) is 0 Å². The number of anilines is 1. The molecule has 4 nitrogen and oxygen atoms in total.